The first-order valence-electron chi connectivity index (χ1n) is 5.04. The van der Waals surface area contributed by atoms with Gasteiger partial charge in [0, 0.05) is 16.8 Å². The van der Waals surface area contributed by atoms with Gasteiger partial charge in [0.1, 0.15) is 11.0 Å². The van der Waals surface area contributed by atoms with E-state index in [1.165, 1.54) is 0 Å². The number of aromatic nitrogens is 1. The van der Waals surface area contributed by atoms with Gasteiger partial charge in [-0.25, -0.2) is 9.78 Å². The molecular weight excluding hydrogens is 260 g/mol. The van der Waals surface area contributed by atoms with E-state index >= 15 is 0 Å². The van der Waals surface area contributed by atoms with Crippen LogP contribution >= 0.6 is 23.1 Å². The first kappa shape index (κ1) is 14.0. The average molecular weight is 274 g/mol. The number of rotatable bonds is 8. The maximum Gasteiger partial charge on any atom is 0.326 e. The number of thiazole rings is 1. The van der Waals surface area contributed by atoms with Crippen molar-refractivity contribution >= 4 is 35.5 Å². The maximum absolute atomic E-state index is 10.7. The van der Waals surface area contributed by atoms with Crippen molar-refractivity contribution in [3.63, 3.8) is 0 Å². The Kier molecular flexibility index (Phi) is 5.99. The zero-order valence-corrected chi connectivity index (χ0v) is 11.0. The SMILES string of the molecule is Cc1csc(CSCCC(NC=O)C(=O)O)n1. The Bertz CT molecular complexity index is 381. The van der Waals surface area contributed by atoms with Crippen molar-refractivity contribution in [1.29, 1.82) is 0 Å². The molecule has 0 bridgehead atoms. The zero-order valence-electron chi connectivity index (χ0n) is 9.38. The molecule has 0 radical (unpaired) electrons. The standard InChI is InChI=1S/C10H14N2O3S2/c1-7-4-17-9(12-7)5-16-3-2-8(10(14)15)11-6-13/h4,6,8H,2-3,5H2,1H3,(H,11,13)(H,14,15). The van der Waals surface area contributed by atoms with Crippen molar-refractivity contribution in [3.05, 3.63) is 16.1 Å². The Labute approximate surface area is 108 Å². The zero-order chi connectivity index (χ0) is 12.7. The molecule has 0 fully saturated rings. The van der Waals surface area contributed by atoms with Gasteiger partial charge in [-0.3, -0.25) is 4.79 Å². The third kappa shape index (κ3) is 5.18. The second-order valence-electron chi connectivity index (χ2n) is 3.40. The summed E-state index contributed by atoms with van der Waals surface area (Å²) in [6.07, 6.45) is 0.844. The highest BCUT2D eigenvalue weighted by Crippen LogP contribution is 2.17. The highest BCUT2D eigenvalue weighted by atomic mass is 32.2. The molecule has 0 saturated heterocycles. The van der Waals surface area contributed by atoms with Crippen molar-refractivity contribution in [2.45, 2.75) is 25.1 Å². The minimum atomic E-state index is -0.997. The molecule has 1 aromatic rings. The van der Waals surface area contributed by atoms with Crippen molar-refractivity contribution in [2.75, 3.05) is 5.75 Å². The van der Waals surface area contributed by atoms with E-state index in [9.17, 15) is 9.59 Å². The summed E-state index contributed by atoms with van der Waals surface area (Å²) >= 11 is 3.22. The Morgan fingerprint density at radius 3 is 3.06 bits per heavy atom. The first-order chi connectivity index (χ1) is 8.13. The maximum atomic E-state index is 10.7. The molecule has 1 unspecified atom stereocenters. The van der Waals surface area contributed by atoms with Gasteiger partial charge < -0.3 is 10.4 Å². The molecule has 0 aliphatic rings. The molecule has 1 amide bonds. The van der Waals surface area contributed by atoms with E-state index in [0.29, 0.717) is 18.6 Å². The smallest absolute Gasteiger partial charge is 0.326 e. The molecule has 0 saturated carbocycles. The molecule has 94 valence electrons. The molecule has 0 aromatic carbocycles. The monoisotopic (exact) mass is 274 g/mol. The van der Waals surface area contributed by atoms with Crippen molar-refractivity contribution in [1.82, 2.24) is 10.3 Å². The number of amides is 1. The fourth-order valence-corrected chi connectivity index (χ4v) is 3.05. The predicted octanol–water partition coefficient (Wildman–Crippen LogP) is 1.27. The molecule has 0 aliphatic heterocycles. The summed E-state index contributed by atoms with van der Waals surface area (Å²) in [4.78, 5) is 25.2. The minimum absolute atomic E-state index is 0.420. The van der Waals surface area contributed by atoms with Crippen LogP contribution < -0.4 is 5.32 Å². The second-order valence-corrected chi connectivity index (χ2v) is 5.45. The van der Waals surface area contributed by atoms with Crippen LogP contribution in [-0.4, -0.2) is 34.3 Å². The molecule has 0 aliphatic carbocycles. The molecule has 5 nitrogen and oxygen atoms in total. The summed E-state index contributed by atoms with van der Waals surface area (Å²) in [6.45, 7) is 1.94. The Balaban J connectivity index is 2.22. The van der Waals surface area contributed by atoms with Crippen molar-refractivity contribution in [2.24, 2.45) is 0 Å². The van der Waals surface area contributed by atoms with E-state index in [4.69, 9.17) is 5.11 Å². The van der Waals surface area contributed by atoms with Gasteiger partial charge in [0.2, 0.25) is 6.41 Å². The molecule has 7 heteroatoms. The summed E-state index contributed by atoms with van der Waals surface area (Å²) in [7, 11) is 0. The van der Waals surface area contributed by atoms with E-state index in [2.05, 4.69) is 10.3 Å². The Hall–Kier alpha value is -1.08. The normalized spacial score (nSPS) is 12.1. The van der Waals surface area contributed by atoms with Crippen LogP contribution in [0, 0.1) is 6.92 Å². The molecule has 1 atom stereocenters. The molecule has 17 heavy (non-hydrogen) atoms. The molecule has 1 rings (SSSR count). The fourth-order valence-electron chi connectivity index (χ4n) is 1.19. The summed E-state index contributed by atoms with van der Waals surface area (Å²) in [6, 6.07) is -0.793. The van der Waals surface area contributed by atoms with E-state index in [1.807, 2.05) is 12.3 Å². The van der Waals surface area contributed by atoms with Crippen LogP contribution in [0.4, 0.5) is 0 Å². The van der Waals surface area contributed by atoms with Crippen LogP contribution in [0.25, 0.3) is 0 Å². The van der Waals surface area contributed by atoms with E-state index in [-0.39, 0.29) is 0 Å². The van der Waals surface area contributed by atoms with Gasteiger partial charge in [-0.1, -0.05) is 0 Å². The largest absolute Gasteiger partial charge is 0.480 e. The van der Waals surface area contributed by atoms with Gasteiger partial charge in [-0.05, 0) is 19.1 Å². The lowest BCUT2D eigenvalue weighted by molar-refractivity contribution is -0.140. The summed E-state index contributed by atoms with van der Waals surface area (Å²) in [5, 5.41) is 14.1. The van der Waals surface area contributed by atoms with Gasteiger partial charge in [-0.2, -0.15) is 11.8 Å². The van der Waals surface area contributed by atoms with Crippen molar-refractivity contribution < 1.29 is 14.7 Å². The number of carboxylic acids is 1. The van der Waals surface area contributed by atoms with E-state index in [1.54, 1.807) is 23.1 Å². The van der Waals surface area contributed by atoms with Crippen LogP contribution in [-0.2, 0) is 15.3 Å². The summed E-state index contributed by atoms with van der Waals surface area (Å²) in [5.74, 6) is 0.463. The minimum Gasteiger partial charge on any atom is -0.480 e. The van der Waals surface area contributed by atoms with Crippen LogP contribution in [0.1, 0.15) is 17.1 Å². The van der Waals surface area contributed by atoms with E-state index in [0.717, 1.165) is 16.5 Å². The highest BCUT2D eigenvalue weighted by Gasteiger charge is 2.15. The predicted molar refractivity (Wildman–Crippen MR) is 68.3 cm³/mol. The van der Waals surface area contributed by atoms with Crippen molar-refractivity contribution in [3.8, 4) is 0 Å². The fraction of sp³-hybridized carbons (Fsp3) is 0.500. The molecule has 1 aromatic heterocycles. The Morgan fingerprint density at radius 2 is 2.53 bits per heavy atom. The number of carboxylic acid groups (broad SMARTS) is 1. The third-order valence-electron chi connectivity index (χ3n) is 2.01. The number of nitrogens with zero attached hydrogens (tertiary/aromatic N) is 1. The molecular formula is C10H14N2O3S2. The quantitative estimate of drug-likeness (QED) is 0.551. The molecule has 0 spiro atoms. The van der Waals surface area contributed by atoms with Crippen LogP contribution in [0.2, 0.25) is 0 Å². The summed E-state index contributed by atoms with van der Waals surface area (Å²) < 4.78 is 0. The molecule has 1 heterocycles. The lowest BCUT2D eigenvalue weighted by Gasteiger charge is -2.09. The van der Waals surface area contributed by atoms with Crippen LogP contribution in [0.3, 0.4) is 0 Å². The van der Waals surface area contributed by atoms with Gasteiger partial charge in [-0.15, -0.1) is 11.3 Å². The van der Waals surface area contributed by atoms with Crippen LogP contribution in [0.5, 0.6) is 0 Å². The van der Waals surface area contributed by atoms with Gasteiger partial charge in [0.25, 0.3) is 0 Å². The number of aliphatic carboxylic acids is 1. The number of hydrogen-bond acceptors (Lipinski definition) is 5. The highest BCUT2D eigenvalue weighted by molar-refractivity contribution is 7.98. The lowest BCUT2D eigenvalue weighted by atomic mass is 10.2. The molecule has 2 N–H and O–H groups in total. The van der Waals surface area contributed by atoms with E-state index < -0.39 is 12.0 Å². The number of thioether (sulfide) groups is 1. The third-order valence-corrected chi connectivity index (χ3v) is 4.16. The lowest BCUT2D eigenvalue weighted by Crippen LogP contribution is -2.36. The number of nitrogens with one attached hydrogen (secondary N) is 1. The number of hydrogen-bond donors (Lipinski definition) is 2. The number of carbonyl (C=O) groups excluding carboxylic acids is 1. The first-order valence-corrected chi connectivity index (χ1v) is 7.08. The topological polar surface area (TPSA) is 79.3 Å². The summed E-state index contributed by atoms with van der Waals surface area (Å²) in [5.41, 5.74) is 1.01. The number of carbonyl (C=O) groups is 2. The Morgan fingerprint density at radius 1 is 1.76 bits per heavy atom. The van der Waals surface area contributed by atoms with Gasteiger partial charge in [0.15, 0.2) is 0 Å². The van der Waals surface area contributed by atoms with Crippen LogP contribution in [0.15, 0.2) is 5.38 Å². The second kappa shape index (κ2) is 7.29. The van der Waals surface area contributed by atoms with Gasteiger partial charge >= 0.3 is 5.97 Å². The van der Waals surface area contributed by atoms with Gasteiger partial charge in [0.05, 0.1) is 0 Å². The average Bonchev–Trinajstić information content (AvgIpc) is 2.68. The number of aryl methyl sites for hydroxylation is 1.